The van der Waals surface area contributed by atoms with E-state index in [1.54, 1.807) is 13.0 Å². The second-order valence-electron chi connectivity index (χ2n) is 4.48. The fraction of sp³-hybridized carbons (Fsp3) is 0.200. The van der Waals surface area contributed by atoms with E-state index in [-0.39, 0.29) is 24.6 Å². The molecule has 1 heterocycles. The average Bonchev–Trinajstić information content (AvgIpc) is 2.91. The Labute approximate surface area is 121 Å². The van der Waals surface area contributed by atoms with E-state index >= 15 is 0 Å². The molecule has 1 aromatic carbocycles. The predicted molar refractivity (Wildman–Crippen MR) is 75.6 cm³/mol. The van der Waals surface area contributed by atoms with Crippen LogP contribution in [0.3, 0.4) is 0 Å². The van der Waals surface area contributed by atoms with Crippen molar-refractivity contribution in [1.29, 1.82) is 0 Å². The Bertz CT molecular complexity index is 644. The van der Waals surface area contributed by atoms with Gasteiger partial charge in [-0.25, -0.2) is 4.79 Å². The van der Waals surface area contributed by atoms with Crippen molar-refractivity contribution in [1.82, 2.24) is 0 Å². The first-order valence-corrected chi connectivity index (χ1v) is 6.34. The summed E-state index contributed by atoms with van der Waals surface area (Å²) in [7, 11) is 0. The number of aromatic carboxylic acids is 1. The lowest BCUT2D eigenvalue weighted by Crippen LogP contribution is -2.33. The molecule has 0 saturated carbocycles. The molecule has 1 amide bonds. The number of aliphatic hydroxyl groups excluding tert-OH is 1. The number of rotatable bonds is 5. The number of furan rings is 1. The second-order valence-corrected chi connectivity index (χ2v) is 4.48. The van der Waals surface area contributed by atoms with Gasteiger partial charge in [0.1, 0.15) is 12.0 Å². The molecule has 0 atom stereocenters. The molecule has 0 aliphatic heterocycles. The molecule has 6 heteroatoms. The molecular formula is C15H15NO5. The van der Waals surface area contributed by atoms with Gasteiger partial charge in [-0.3, -0.25) is 4.79 Å². The number of nitrogens with zero attached hydrogens (tertiary/aromatic N) is 1. The molecule has 0 spiro atoms. The average molecular weight is 289 g/mol. The van der Waals surface area contributed by atoms with Crippen molar-refractivity contribution in [2.24, 2.45) is 0 Å². The lowest BCUT2D eigenvalue weighted by molar-refractivity contribution is 0.0696. The summed E-state index contributed by atoms with van der Waals surface area (Å²) in [6.07, 6.45) is 1.35. The third-order valence-electron chi connectivity index (χ3n) is 2.97. The van der Waals surface area contributed by atoms with Gasteiger partial charge in [-0.15, -0.1) is 0 Å². The smallest absolute Gasteiger partial charge is 0.335 e. The lowest BCUT2D eigenvalue weighted by Gasteiger charge is -2.21. The maximum atomic E-state index is 12.4. The summed E-state index contributed by atoms with van der Waals surface area (Å²) in [4.78, 5) is 24.6. The Kier molecular flexibility index (Phi) is 4.39. The van der Waals surface area contributed by atoms with E-state index in [4.69, 9.17) is 14.6 Å². The van der Waals surface area contributed by atoms with E-state index in [9.17, 15) is 9.59 Å². The Morgan fingerprint density at radius 2 is 1.86 bits per heavy atom. The lowest BCUT2D eigenvalue weighted by atomic mass is 10.1. The van der Waals surface area contributed by atoms with Crippen LogP contribution in [0.2, 0.25) is 0 Å². The largest absolute Gasteiger partial charge is 0.478 e. The summed E-state index contributed by atoms with van der Waals surface area (Å²) in [6, 6.07) is 7.50. The normalized spacial score (nSPS) is 10.4. The van der Waals surface area contributed by atoms with Crippen LogP contribution in [0.5, 0.6) is 0 Å². The number of hydrogen-bond donors (Lipinski definition) is 2. The highest BCUT2D eigenvalue weighted by Crippen LogP contribution is 2.19. The summed E-state index contributed by atoms with van der Waals surface area (Å²) >= 11 is 0. The van der Waals surface area contributed by atoms with E-state index in [2.05, 4.69) is 0 Å². The Morgan fingerprint density at radius 1 is 1.19 bits per heavy atom. The number of carboxylic acid groups (broad SMARTS) is 1. The molecule has 21 heavy (non-hydrogen) atoms. The van der Waals surface area contributed by atoms with Gasteiger partial charge >= 0.3 is 5.97 Å². The van der Waals surface area contributed by atoms with Crippen molar-refractivity contribution in [3.63, 3.8) is 0 Å². The van der Waals surface area contributed by atoms with Gasteiger partial charge in [0.05, 0.1) is 17.7 Å². The molecule has 0 fully saturated rings. The SMILES string of the molecule is Cc1cc(C(=O)N(CCO)c2ccc(C(=O)O)cc2)co1. The first-order valence-electron chi connectivity index (χ1n) is 6.34. The van der Waals surface area contributed by atoms with Gasteiger partial charge in [-0.2, -0.15) is 0 Å². The van der Waals surface area contributed by atoms with Gasteiger partial charge in [0.25, 0.3) is 5.91 Å². The predicted octanol–water partition coefficient (Wildman–Crippen LogP) is 1.93. The van der Waals surface area contributed by atoms with Crippen LogP contribution in [0.4, 0.5) is 5.69 Å². The van der Waals surface area contributed by atoms with Crippen LogP contribution in [0, 0.1) is 6.92 Å². The van der Waals surface area contributed by atoms with Crippen molar-refractivity contribution in [2.45, 2.75) is 6.92 Å². The summed E-state index contributed by atoms with van der Waals surface area (Å²) in [5.41, 5.74) is 1.02. The van der Waals surface area contributed by atoms with E-state index < -0.39 is 5.97 Å². The van der Waals surface area contributed by atoms with Gasteiger partial charge in [0.2, 0.25) is 0 Å². The number of carbonyl (C=O) groups is 2. The van der Waals surface area contributed by atoms with Gasteiger partial charge in [-0.1, -0.05) is 0 Å². The van der Waals surface area contributed by atoms with Crippen LogP contribution >= 0.6 is 0 Å². The minimum absolute atomic E-state index is 0.107. The summed E-state index contributed by atoms with van der Waals surface area (Å²) in [5, 5.41) is 18.0. The van der Waals surface area contributed by atoms with Crippen LogP contribution < -0.4 is 4.90 Å². The molecule has 110 valence electrons. The molecule has 2 rings (SSSR count). The van der Waals surface area contributed by atoms with Gasteiger partial charge in [0.15, 0.2) is 0 Å². The standard InChI is InChI=1S/C15H15NO5/c1-10-8-12(9-21-10)14(18)16(6-7-17)13-4-2-11(3-5-13)15(19)20/h2-5,8-9,17H,6-7H2,1H3,(H,19,20). The molecule has 0 aliphatic carbocycles. The van der Waals surface area contributed by atoms with E-state index in [1.165, 1.54) is 35.4 Å². The minimum Gasteiger partial charge on any atom is -0.478 e. The van der Waals surface area contributed by atoms with E-state index in [1.807, 2.05) is 0 Å². The molecule has 0 aliphatic rings. The second kappa shape index (κ2) is 6.23. The summed E-state index contributed by atoms with van der Waals surface area (Å²) < 4.78 is 5.11. The van der Waals surface area contributed by atoms with Crippen LogP contribution in [0.15, 0.2) is 41.0 Å². The zero-order valence-corrected chi connectivity index (χ0v) is 11.4. The van der Waals surface area contributed by atoms with E-state index in [0.717, 1.165) is 0 Å². The van der Waals surface area contributed by atoms with Gasteiger partial charge in [0, 0.05) is 12.2 Å². The molecule has 1 aromatic heterocycles. The highest BCUT2D eigenvalue weighted by Gasteiger charge is 2.19. The number of anilines is 1. The monoisotopic (exact) mass is 289 g/mol. The highest BCUT2D eigenvalue weighted by molar-refractivity contribution is 6.06. The highest BCUT2D eigenvalue weighted by atomic mass is 16.4. The first-order chi connectivity index (χ1) is 10.0. The van der Waals surface area contributed by atoms with Crippen molar-refractivity contribution in [2.75, 3.05) is 18.1 Å². The number of aryl methyl sites for hydroxylation is 1. The quantitative estimate of drug-likeness (QED) is 0.877. The van der Waals surface area contributed by atoms with E-state index in [0.29, 0.717) is 17.0 Å². The number of benzene rings is 1. The van der Waals surface area contributed by atoms with Crippen molar-refractivity contribution in [3.05, 3.63) is 53.5 Å². The summed E-state index contributed by atoms with van der Waals surface area (Å²) in [6.45, 7) is 1.63. The summed E-state index contributed by atoms with van der Waals surface area (Å²) in [5.74, 6) is -0.737. The fourth-order valence-electron chi connectivity index (χ4n) is 1.94. The Morgan fingerprint density at radius 3 is 2.33 bits per heavy atom. The third kappa shape index (κ3) is 3.29. The molecule has 0 radical (unpaired) electrons. The zero-order chi connectivity index (χ0) is 15.4. The number of carboxylic acids is 1. The first kappa shape index (κ1) is 14.8. The van der Waals surface area contributed by atoms with Crippen molar-refractivity contribution < 1.29 is 24.2 Å². The Balaban J connectivity index is 2.29. The minimum atomic E-state index is -1.04. The Hall–Kier alpha value is -2.60. The van der Waals surface area contributed by atoms with Crippen molar-refractivity contribution in [3.8, 4) is 0 Å². The van der Waals surface area contributed by atoms with Crippen LogP contribution in [-0.2, 0) is 0 Å². The topological polar surface area (TPSA) is 91.0 Å². The molecule has 2 N–H and O–H groups in total. The molecule has 0 bridgehead atoms. The number of amides is 1. The fourth-order valence-corrected chi connectivity index (χ4v) is 1.94. The zero-order valence-electron chi connectivity index (χ0n) is 11.4. The van der Waals surface area contributed by atoms with Gasteiger partial charge < -0.3 is 19.5 Å². The third-order valence-corrected chi connectivity index (χ3v) is 2.97. The van der Waals surface area contributed by atoms with Crippen molar-refractivity contribution >= 4 is 17.6 Å². The number of carbonyl (C=O) groups excluding carboxylic acids is 1. The van der Waals surface area contributed by atoms with Gasteiger partial charge in [-0.05, 0) is 37.3 Å². The molecule has 6 nitrogen and oxygen atoms in total. The number of hydrogen-bond acceptors (Lipinski definition) is 4. The molecular weight excluding hydrogens is 274 g/mol. The maximum absolute atomic E-state index is 12.4. The van der Waals surface area contributed by atoms with Crippen LogP contribution in [-0.4, -0.2) is 35.2 Å². The number of aliphatic hydroxyl groups is 1. The van der Waals surface area contributed by atoms with Crippen LogP contribution in [0.1, 0.15) is 26.5 Å². The maximum Gasteiger partial charge on any atom is 0.335 e. The molecule has 2 aromatic rings. The molecule has 0 unspecified atom stereocenters. The van der Waals surface area contributed by atoms with Crippen LogP contribution in [0.25, 0.3) is 0 Å². The molecule has 0 saturated heterocycles.